The van der Waals surface area contributed by atoms with Crippen LogP contribution in [0.25, 0.3) is 0 Å². The van der Waals surface area contributed by atoms with Gasteiger partial charge < -0.3 is 20.5 Å². The van der Waals surface area contributed by atoms with Crippen LogP contribution in [0, 0.1) is 6.92 Å². The summed E-state index contributed by atoms with van der Waals surface area (Å²) >= 11 is 0. The molecule has 0 saturated carbocycles. The van der Waals surface area contributed by atoms with Crippen molar-refractivity contribution in [2.24, 2.45) is 4.99 Å². The Morgan fingerprint density at radius 1 is 1.12 bits per heavy atom. The van der Waals surface area contributed by atoms with Crippen LogP contribution in [0.15, 0.2) is 53.5 Å². The highest BCUT2D eigenvalue weighted by Gasteiger charge is 2.06. The Bertz CT molecular complexity index is 663. The predicted molar refractivity (Wildman–Crippen MR) is 113 cm³/mol. The van der Waals surface area contributed by atoms with E-state index in [9.17, 15) is 0 Å². The van der Waals surface area contributed by atoms with Gasteiger partial charge >= 0.3 is 0 Å². The van der Waals surface area contributed by atoms with Gasteiger partial charge in [-0.15, -0.1) is 24.0 Å². The summed E-state index contributed by atoms with van der Waals surface area (Å²) in [5, 5.41) is 15.2. The number of halogens is 1. The van der Waals surface area contributed by atoms with Crippen LogP contribution < -0.4 is 15.4 Å². The maximum absolute atomic E-state index is 8.94. The van der Waals surface area contributed by atoms with Crippen molar-refractivity contribution < 1.29 is 9.84 Å². The maximum Gasteiger partial charge on any atom is 0.191 e. The number of nitrogens with zero attached hydrogens (tertiary/aromatic N) is 1. The second-order valence-corrected chi connectivity index (χ2v) is 5.37. The highest BCUT2D eigenvalue weighted by Crippen LogP contribution is 2.27. The van der Waals surface area contributed by atoms with Gasteiger partial charge in [0.25, 0.3) is 0 Å². The van der Waals surface area contributed by atoms with E-state index >= 15 is 0 Å². The number of ether oxygens (including phenoxy) is 1. The van der Waals surface area contributed by atoms with E-state index in [1.807, 2.05) is 56.3 Å². The lowest BCUT2D eigenvalue weighted by Gasteiger charge is -2.13. The van der Waals surface area contributed by atoms with Crippen LogP contribution >= 0.6 is 24.0 Å². The van der Waals surface area contributed by atoms with Crippen LogP contribution in [0.1, 0.15) is 18.1 Å². The zero-order valence-corrected chi connectivity index (χ0v) is 17.0. The molecular formula is C19H26IN3O2. The van der Waals surface area contributed by atoms with Gasteiger partial charge in [-0.25, -0.2) is 4.99 Å². The number of aryl methyl sites for hydroxylation is 1. The lowest BCUT2D eigenvalue weighted by molar-refractivity contribution is 0.300. The molecule has 136 valence electrons. The first-order valence-corrected chi connectivity index (χ1v) is 8.18. The minimum absolute atomic E-state index is 0. The molecule has 2 aromatic carbocycles. The summed E-state index contributed by atoms with van der Waals surface area (Å²) in [5.41, 5.74) is 2.14. The van der Waals surface area contributed by atoms with E-state index in [0.29, 0.717) is 19.0 Å². The molecule has 25 heavy (non-hydrogen) atoms. The predicted octanol–water partition coefficient (Wildman–Crippen LogP) is 3.45. The first kappa shape index (κ1) is 21.2. The third-order valence-corrected chi connectivity index (χ3v) is 3.35. The Balaban J connectivity index is 0.00000312. The van der Waals surface area contributed by atoms with Crippen LogP contribution in [0.4, 0.5) is 0 Å². The SMILES string of the molecule is CCNC(=NCc1ccc(C)cc1Oc1ccccc1)NCCO.I. The topological polar surface area (TPSA) is 65.9 Å². The molecule has 0 atom stereocenters. The van der Waals surface area contributed by atoms with E-state index < -0.39 is 0 Å². The molecule has 0 spiro atoms. The zero-order valence-electron chi connectivity index (χ0n) is 14.7. The highest BCUT2D eigenvalue weighted by atomic mass is 127. The van der Waals surface area contributed by atoms with Crippen LogP contribution in [-0.2, 0) is 6.54 Å². The monoisotopic (exact) mass is 455 g/mol. The highest BCUT2D eigenvalue weighted by molar-refractivity contribution is 14.0. The van der Waals surface area contributed by atoms with Gasteiger partial charge in [-0.3, -0.25) is 0 Å². The fourth-order valence-electron chi connectivity index (χ4n) is 2.18. The minimum Gasteiger partial charge on any atom is -0.457 e. The number of rotatable bonds is 7. The summed E-state index contributed by atoms with van der Waals surface area (Å²) in [6.07, 6.45) is 0. The Hall–Kier alpha value is -1.80. The van der Waals surface area contributed by atoms with Crippen molar-refractivity contribution in [2.75, 3.05) is 19.7 Å². The van der Waals surface area contributed by atoms with Crippen LogP contribution in [0.5, 0.6) is 11.5 Å². The molecule has 3 N–H and O–H groups in total. The lowest BCUT2D eigenvalue weighted by atomic mass is 10.1. The van der Waals surface area contributed by atoms with Gasteiger partial charge in [0, 0.05) is 18.7 Å². The van der Waals surface area contributed by atoms with E-state index in [4.69, 9.17) is 9.84 Å². The molecule has 0 fully saturated rings. The van der Waals surface area contributed by atoms with Crippen molar-refractivity contribution in [3.05, 3.63) is 59.7 Å². The second kappa shape index (κ2) is 11.7. The smallest absolute Gasteiger partial charge is 0.191 e. The van der Waals surface area contributed by atoms with E-state index in [-0.39, 0.29) is 30.6 Å². The molecule has 0 amide bonds. The van der Waals surface area contributed by atoms with E-state index in [0.717, 1.165) is 29.2 Å². The molecular weight excluding hydrogens is 429 g/mol. The number of para-hydroxylation sites is 1. The van der Waals surface area contributed by atoms with Crippen LogP contribution in [0.2, 0.25) is 0 Å². The molecule has 0 heterocycles. The molecule has 6 heteroatoms. The molecule has 0 aliphatic heterocycles. The first-order valence-electron chi connectivity index (χ1n) is 8.18. The second-order valence-electron chi connectivity index (χ2n) is 5.37. The standard InChI is InChI=1S/C19H25N3O2.HI/c1-3-20-19(21-11-12-23)22-14-16-10-9-15(2)13-18(16)24-17-7-5-4-6-8-17;/h4-10,13,23H,3,11-12,14H2,1-2H3,(H2,20,21,22);1H. The third-order valence-electron chi connectivity index (χ3n) is 3.35. The van der Waals surface area contributed by atoms with E-state index in [2.05, 4.69) is 21.7 Å². The third kappa shape index (κ3) is 7.31. The van der Waals surface area contributed by atoms with Crippen molar-refractivity contribution in [3.8, 4) is 11.5 Å². The number of hydrogen-bond donors (Lipinski definition) is 3. The molecule has 0 bridgehead atoms. The van der Waals surface area contributed by atoms with Crippen LogP contribution in [0.3, 0.4) is 0 Å². The number of guanidine groups is 1. The van der Waals surface area contributed by atoms with E-state index in [1.54, 1.807) is 0 Å². The summed E-state index contributed by atoms with van der Waals surface area (Å²) in [6.45, 7) is 5.83. The fraction of sp³-hybridized carbons (Fsp3) is 0.316. The Morgan fingerprint density at radius 3 is 2.56 bits per heavy atom. The Kier molecular flexibility index (Phi) is 9.94. The quantitative estimate of drug-likeness (QED) is 0.340. The number of aliphatic hydroxyl groups excluding tert-OH is 1. The van der Waals surface area contributed by atoms with Crippen molar-refractivity contribution in [1.29, 1.82) is 0 Å². The normalized spacial score (nSPS) is 10.8. The lowest BCUT2D eigenvalue weighted by Crippen LogP contribution is -2.38. The van der Waals surface area contributed by atoms with Gasteiger partial charge in [-0.1, -0.05) is 30.3 Å². The van der Waals surface area contributed by atoms with Crippen LogP contribution in [-0.4, -0.2) is 30.8 Å². The number of hydrogen-bond acceptors (Lipinski definition) is 3. The van der Waals surface area contributed by atoms with Gasteiger partial charge in [0.2, 0.25) is 0 Å². The molecule has 2 aromatic rings. The maximum atomic E-state index is 8.94. The number of aliphatic hydroxyl groups is 1. The summed E-state index contributed by atoms with van der Waals surface area (Å²) in [5.74, 6) is 2.29. The molecule has 0 aliphatic carbocycles. The van der Waals surface area contributed by atoms with Crippen molar-refractivity contribution >= 4 is 29.9 Å². The van der Waals surface area contributed by atoms with Crippen molar-refractivity contribution in [3.63, 3.8) is 0 Å². The first-order chi connectivity index (χ1) is 11.7. The largest absolute Gasteiger partial charge is 0.457 e. The van der Waals surface area contributed by atoms with Gasteiger partial charge in [0.1, 0.15) is 11.5 Å². The molecule has 0 saturated heterocycles. The Morgan fingerprint density at radius 2 is 1.88 bits per heavy atom. The van der Waals surface area contributed by atoms with Gasteiger partial charge in [-0.05, 0) is 37.6 Å². The number of benzene rings is 2. The van der Waals surface area contributed by atoms with Gasteiger partial charge in [0.15, 0.2) is 5.96 Å². The molecule has 0 unspecified atom stereocenters. The van der Waals surface area contributed by atoms with Gasteiger partial charge in [-0.2, -0.15) is 0 Å². The Labute approximate surface area is 166 Å². The zero-order chi connectivity index (χ0) is 17.2. The molecule has 0 aromatic heterocycles. The summed E-state index contributed by atoms with van der Waals surface area (Å²) < 4.78 is 6.01. The van der Waals surface area contributed by atoms with E-state index in [1.165, 1.54) is 0 Å². The summed E-state index contributed by atoms with van der Waals surface area (Å²) in [6, 6.07) is 15.8. The van der Waals surface area contributed by atoms with Crippen molar-refractivity contribution in [1.82, 2.24) is 10.6 Å². The average Bonchev–Trinajstić information content (AvgIpc) is 2.59. The molecule has 0 radical (unpaired) electrons. The average molecular weight is 455 g/mol. The summed E-state index contributed by atoms with van der Waals surface area (Å²) in [4.78, 5) is 4.56. The summed E-state index contributed by atoms with van der Waals surface area (Å²) in [7, 11) is 0. The van der Waals surface area contributed by atoms with Crippen molar-refractivity contribution in [2.45, 2.75) is 20.4 Å². The van der Waals surface area contributed by atoms with Gasteiger partial charge in [0.05, 0.1) is 13.2 Å². The minimum atomic E-state index is 0. The molecule has 0 aliphatic rings. The molecule has 2 rings (SSSR count). The number of nitrogens with one attached hydrogen (secondary N) is 2. The fourth-order valence-corrected chi connectivity index (χ4v) is 2.18. The number of aliphatic imine (C=N–C) groups is 1. The molecule has 5 nitrogen and oxygen atoms in total.